The van der Waals surface area contributed by atoms with E-state index in [0.29, 0.717) is 25.4 Å². The van der Waals surface area contributed by atoms with Gasteiger partial charge in [-0.2, -0.15) is 4.31 Å². The highest BCUT2D eigenvalue weighted by Crippen LogP contribution is 2.21. The van der Waals surface area contributed by atoms with Crippen LogP contribution in [0.5, 0.6) is 5.75 Å². The molecule has 156 valence electrons. The van der Waals surface area contributed by atoms with E-state index in [1.54, 1.807) is 24.0 Å². The van der Waals surface area contributed by atoms with Crippen LogP contribution in [-0.4, -0.2) is 62.9 Å². The highest BCUT2D eigenvalue weighted by Gasteiger charge is 2.31. The fourth-order valence-corrected chi connectivity index (χ4v) is 4.59. The molecule has 0 radical (unpaired) electrons. The molecule has 3 rings (SSSR count). The average molecular weight is 419 g/mol. The average Bonchev–Trinajstić information content (AvgIpc) is 2.77. The lowest BCUT2D eigenvalue weighted by atomic mass is 10.2. The van der Waals surface area contributed by atoms with Crippen molar-refractivity contribution in [3.8, 4) is 5.75 Å². The second-order valence-electron chi connectivity index (χ2n) is 6.84. The second kappa shape index (κ2) is 9.39. The molecule has 29 heavy (non-hydrogen) atoms. The lowest BCUT2D eigenvalue weighted by Gasteiger charge is -2.35. The van der Waals surface area contributed by atoms with Crippen LogP contribution in [0.2, 0.25) is 0 Å². The third-order valence-electron chi connectivity index (χ3n) is 4.94. The number of carbonyl (C=O) groups is 1. The van der Waals surface area contributed by atoms with Crippen LogP contribution < -0.4 is 4.74 Å². The van der Waals surface area contributed by atoms with Gasteiger partial charge in [-0.1, -0.05) is 30.3 Å². The Labute approximate surface area is 171 Å². The van der Waals surface area contributed by atoms with Crippen LogP contribution >= 0.6 is 0 Å². The number of nitrogens with zero attached hydrogens (tertiary/aromatic N) is 2. The molecule has 0 aliphatic carbocycles. The van der Waals surface area contributed by atoms with Gasteiger partial charge in [0, 0.05) is 26.2 Å². The van der Waals surface area contributed by atoms with Crippen LogP contribution in [0, 0.1) is 0 Å². The van der Waals surface area contributed by atoms with E-state index >= 15 is 0 Å². The van der Waals surface area contributed by atoms with Crippen molar-refractivity contribution in [1.29, 1.82) is 0 Å². The van der Waals surface area contributed by atoms with Gasteiger partial charge in [-0.3, -0.25) is 4.79 Å². The van der Waals surface area contributed by atoms with Crippen molar-refractivity contribution >= 4 is 15.9 Å². The van der Waals surface area contributed by atoms with Crippen LogP contribution in [0.4, 0.5) is 0 Å². The first kappa shape index (κ1) is 21.3. The number of carbonyl (C=O) groups excluding carboxylic acids is 1. The minimum Gasteiger partial charge on any atom is -0.497 e. The molecule has 1 fully saturated rings. The lowest BCUT2D eigenvalue weighted by molar-refractivity contribution is -0.144. The molecule has 1 amide bonds. The first-order valence-corrected chi connectivity index (χ1v) is 10.9. The smallest absolute Gasteiger partial charge is 0.251 e. The van der Waals surface area contributed by atoms with E-state index in [4.69, 9.17) is 9.47 Å². The molecule has 1 aliphatic heterocycles. The molecule has 0 aromatic heterocycles. The fourth-order valence-electron chi connectivity index (χ4n) is 3.17. The molecule has 1 unspecified atom stereocenters. The standard InChI is InChI=1S/C21H26N2O5S/c1-17(28-16-18-6-4-3-5-7-18)21(24)22-12-14-23(15-13-22)29(25,26)20-10-8-19(27-2)9-11-20/h3-11,17H,12-16H2,1-2H3. The molecule has 0 saturated carbocycles. The summed E-state index contributed by atoms with van der Waals surface area (Å²) in [4.78, 5) is 14.5. The summed E-state index contributed by atoms with van der Waals surface area (Å²) in [5.41, 5.74) is 1.00. The third kappa shape index (κ3) is 5.14. The maximum absolute atomic E-state index is 12.8. The molecule has 7 nitrogen and oxygen atoms in total. The number of hydrogen-bond acceptors (Lipinski definition) is 5. The van der Waals surface area contributed by atoms with E-state index in [9.17, 15) is 13.2 Å². The number of rotatable bonds is 7. The van der Waals surface area contributed by atoms with Gasteiger partial charge in [-0.25, -0.2) is 8.42 Å². The molecular formula is C21H26N2O5S. The van der Waals surface area contributed by atoms with Crippen molar-refractivity contribution in [2.24, 2.45) is 0 Å². The number of hydrogen-bond donors (Lipinski definition) is 0. The zero-order valence-corrected chi connectivity index (χ0v) is 17.5. The molecule has 2 aromatic rings. The summed E-state index contributed by atoms with van der Waals surface area (Å²) in [5, 5.41) is 0. The third-order valence-corrected chi connectivity index (χ3v) is 6.85. The molecule has 8 heteroatoms. The van der Waals surface area contributed by atoms with Gasteiger partial charge in [-0.15, -0.1) is 0 Å². The van der Waals surface area contributed by atoms with Crippen LogP contribution in [-0.2, 0) is 26.2 Å². The maximum atomic E-state index is 12.8. The van der Waals surface area contributed by atoms with Gasteiger partial charge in [0.1, 0.15) is 11.9 Å². The highest BCUT2D eigenvalue weighted by molar-refractivity contribution is 7.89. The van der Waals surface area contributed by atoms with Crippen LogP contribution in [0.1, 0.15) is 12.5 Å². The van der Waals surface area contributed by atoms with Gasteiger partial charge < -0.3 is 14.4 Å². The van der Waals surface area contributed by atoms with Gasteiger partial charge in [0.05, 0.1) is 18.6 Å². The molecule has 0 bridgehead atoms. The van der Waals surface area contributed by atoms with Crippen molar-refractivity contribution in [3.63, 3.8) is 0 Å². The zero-order chi connectivity index (χ0) is 20.9. The molecule has 1 aliphatic rings. The predicted molar refractivity (Wildman–Crippen MR) is 109 cm³/mol. The minimum atomic E-state index is -3.59. The quantitative estimate of drug-likeness (QED) is 0.689. The summed E-state index contributed by atoms with van der Waals surface area (Å²) in [7, 11) is -2.06. The van der Waals surface area contributed by atoms with Crippen molar-refractivity contribution in [2.45, 2.75) is 24.5 Å². The number of methoxy groups -OCH3 is 1. The fraction of sp³-hybridized carbons (Fsp3) is 0.381. The van der Waals surface area contributed by atoms with Gasteiger partial charge in [0.25, 0.3) is 5.91 Å². The number of ether oxygens (including phenoxy) is 2. The Bertz CT molecular complexity index is 908. The van der Waals surface area contributed by atoms with Gasteiger partial charge in [0.15, 0.2) is 0 Å². The zero-order valence-electron chi connectivity index (χ0n) is 16.7. The van der Waals surface area contributed by atoms with E-state index in [2.05, 4.69) is 0 Å². The maximum Gasteiger partial charge on any atom is 0.251 e. The normalized spacial score (nSPS) is 16.4. The predicted octanol–water partition coefficient (Wildman–Crippen LogP) is 2.13. The monoisotopic (exact) mass is 418 g/mol. The highest BCUT2D eigenvalue weighted by atomic mass is 32.2. The number of benzene rings is 2. The number of sulfonamides is 1. The SMILES string of the molecule is COc1ccc(S(=O)(=O)N2CCN(C(=O)C(C)OCc3ccccc3)CC2)cc1. The topological polar surface area (TPSA) is 76.2 Å². The molecule has 1 heterocycles. The Balaban J connectivity index is 1.54. The molecule has 1 saturated heterocycles. The Hall–Kier alpha value is -2.42. The van der Waals surface area contributed by atoms with E-state index in [1.165, 1.54) is 23.5 Å². The van der Waals surface area contributed by atoms with Gasteiger partial charge in [0.2, 0.25) is 10.0 Å². The molecule has 0 N–H and O–H groups in total. The number of amides is 1. The van der Waals surface area contributed by atoms with E-state index < -0.39 is 16.1 Å². The van der Waals surface area contributed by atoms with Gasteiger partial charge >= 0.3 is 0 Å². The van der Waals surface area contributed by atoms with E-state index in [0.717, 1.165) is 5.56 Å². The first-order valence-electron chi connectivity index (χ1n) is 9.50. The van der Waals surface area contributed by atoms with Crippen LogP contribution in [0.25, 0.3) is 0 Å². The van der Waals surface area contributed by atoms with Crippen LogP contribution in [0.3, 0.4) is 0 Å². The molecule has 1 atom stereocenters. The Kier molecular flexibility index (Phi) is 6.89. The summed E-state index contributed by atoms with van der Waals surface area (Å²) in [6.45, 7) is 3.28. The molecule has 2 aromatic carbocycles. The number of piperazine rings is 1. The second-order valence-corrected chi connectivity index (χ2v) is 8.78. The summed E-state index contributed by atoms with van der Waals surface area (Å²) in [6, 6.07) is 16.0. The van der Waals surface area contributed by atoms with E-state index in [-0.39, 0.29) is 23.9 Å². The Morgan fingerprint density at radius 1 is 1.00 bits per heavy atom. The Morgan fingerprint density at radius 3 is 2.21 bits per heavy atom. The molecule has 0 spiro atoms. The summed E-state index contributed by atoms with van der Waals surface area (Å²) in [6.07, 6.45) is -0.583. The summed E-state index contributed by atoms with van der Waals surface area (Å²) < 4.78 is 37.8. The van der Waals surface area contributed by atoms with Crippen molar-refractivity contribution in [3.05, 3.63) is 60.2 Å². The van der Waals surface area contributed by atoms with E-state index in [1.807, 2.05) is 30.3 Å². The van der Waals surface area contributed by atoms with Gasteiger partial charge in [-0.05, 0) is 36.8 Å². The summed E-state index contributed by atoms with van der Waals surface area (Å²) in [5.74, 6) is 0.478. The van der Waals surface area contributed by atoms with Crippen LogP contribution in [0.15, 0.2) is 59.5 Å². The lowest BCUT2D eigenvalue weighted by Crippen LogP contribution is -2.52. The van der Waals surface area contributed by atoms with Crippen molar-refractivity contribution in [1.82, 2.24) is 9.21 Å². The minimum absolute atomic E-state index is 0.123. The summed E-state index contributed by atoms with van der Waals surface area (Å²) >= 11 is 0. The van der Waals surface area contributed by atoms with Crippen molar-refractivity contribution in [2.75, 3.05) is 33.3 Å². The Morgan fingerprint density at radius 2 is 1.62 bits per heavy atom. The first-order chi connectivity index (χ1) is 13.9. The largest absolute Gasteiger partial charge is 0.497 e. The molecular weight excluding hydrogens is 392 g/mol. The van der Waals surface area contributed by atoms with Crippen molar-refractivity contribution < 1.29 is 22.7 Å².